The molecule has 0 fully saturated rings. The summed E-state index contributed by atoms with van der Waals surface area (Å²) < 4.78 is 7.11. The van der Waals surface area contributed by atoms with Gasteiger partial charge < -0.3 is 15.0 Å². The lowest BCUT2D eigenvalue weighted by Crippen LogP contribution is -2.17. The van der Waals surface area contributed by atoms with Crippen molar-refractivity contribution in [3.8, 4) is 5.75 Å². The minimum absolute atomic E-state index is 0. The van der Waals surface area contributed by atoms with Gasteiger partial charge in [0.05, 0.1) is 0 Å². The zero-order valence-electron chi connectivity index (χ0n) is 16.3. The second-order valence-electron chi connectivity index (χ2n) is 6.92. The minimum atomic E-state index is 0. The van der Waals surface area contributed by atoms with Crippen molar-refractivity contribution < 1.29 is 4.74 Å². The Balaban J connectivity index is 0.00000256. The Hall–Kier alpha value is -1.98. The molecule has 0 unspecified atom stereocenters. The minimum Gasteiger partial charge on any atom is -0.489 e. The Kier molecular flexibility index (Phi) is 8.23. The summed E-state index contributed by atoms with van der Waals surface area (Å²) in [6.07, 6.45) is 3.07. The van der Waals surface area contributed by atoms with Crippen molar-refractivity contribution in [3.63, 3.8) is 0 Å². The molecular formula is C24H23BrCl2N2O. The van der Waals surface area contributed by atoms with Gasteiger partial charge in [-0.2, -0.15) is 0 Å². The van der Waals surface area contributed by atoms with E-state index >= 15 is 0 Å². The first-order chi connectivity index (χ1) is 14.2. The highest BCUT2D eigenvalue weighted by molar-refractivity contribution is 9.10. The van der Waals surface area contributed by atoms with Crippen LogP contribution in [0, 0.1) is 0 Å². The zero-order chi connectivity index (χ0) is 20.1. The fraction of sp³-hybridized carbons (Fsp3) is 0.167. The van der Waals surface area contributed by atoms with E-state index in [-0.39, 0.29) is 12.4 Å². The highest BCUT2D eigenvalue weighted by Crippen LogP contribution is 2.25. The lowest BCUT2D eigenvalue weighted by Gasteiger charge is -2.13. The molecule has 0 aliphatic rings. The summed E-state index contributed by atoms with van der Waals surface area (Å²) in [4.78, 5) is 3.34. The number of benzene rings is 3. The number of aromatic amines is 1. The Labute approximate surface area is 196 Å². The fourth-order valence-electron chi connectivity index (χ4n) is 3.38. The van der Waals surface area contributed by atoms with Crippen LogP contribution in [0.5, 0.6) is 5.75 Å². The summed E-state index contributed by atoms with van der Waals surface area (Å²) >= 11 is 9.81. The number of hydrogen-bond donors (Lipinski definition) is 2. The van der Waals surface area contributed by atoms with Gasteiger partial charge >= 0.3 is 0 Å². The second-order valence-corrected chi connectivity index (χ2v) is 8.24. The first-order valence-electron chi connectivity index (χ1n) is 9.61. The van der Waals surface area contributed by atoms with Gasteiger partial charge in [0.2, 0.25) is 0 Å². The molecule has 4 aromatic rings. The number of fused-ring (bicyclic) bond motifs is 1. The molecule has 1 aromatic heterocycles. The number of hydrogen-bond acceptors (Lipinski definition) is 2. The van der Waals surface area contributed by atoms with Crippen LogP contribution in [0.1, 0.15) is 16.7 Å². The number of nitrogens with one attached hydrogen (secondary N) is 2. The van der Waals surface area contributed by atoms with Crippen LogP contribution >= 0.6 is 39.9 Å². The van der Waals surface area contributed by atoms with E-state index in [1.807, 2.05) is 36.4 Å². The number of ether oxygens (including phenoxy) is 1. The van der Waals surface area contributed by atoms with Crippen LogP contribution in [0.4, 0.5) is 0 Å². The number of aromatic nitrogens is 1. The summed E-state index contributed by atoms with van der Waals surface area (Å²) in [5, 5.41) is 5.56. The molecule has 0 saturated heterocycles. The van der Waals surface area contributed by atoms with E-state index in [1.165, 1.54) is 16.5 Å². The van der Waals surface area contributed by atoms with Gasteiger partial charge in [0.1, 0.15) is 12.4 Å². The Morgan fingerprint density at radius 3 is 2.60 bits per heavy atom. The second kappa shape index (κ2) is 10.9. The molecule has 0 amide bonds. The summed E-state index contributed by atoms with van der Waals surface area (Å²) in [7, 11) is 0. The van der Waals surface area contributed by atoms with Gasteiger partial charge in [-0.05, 0) is 48.9 Å². The van der Waals surface area contributed by atoms with Gasteiger partial charge in [0, 0.05) is 44.3 Å². The standard InChI is InChI=1S/C24H22BrClN2O.ClH/c25-20-9-10-24(29-16-18-5-1-3-7-22(18)26)19(13-20)14-27-12-11-17-15-28-23-8-4-2-6-21(17)23;/h1-10,13,15,27-28H,11-12,14,16H2;1H. The van der Waals surface area contributed by atoms with E-state index in [0.717, 1.165) is 45.9 Å². The molecule has 6 heteroatoms. The van der Waals surface area contributed by atoms with E-state index in [0.29, 0.717) is 6.61 Å². The summed E-state index contributed by atoms with van der Waals surface area (Å²) in [6, 6.07) is 22.3. The van der Waals surface area contributed by atoms with Crippen LogP contribution in [0.15, 0.2) is 77.4 Å². The van der Waals surface area contributed by atoms with Crippen molar-refractivity contribution in [2.24, 2.45) is 0 Å². The first-order valence-corrected chi connectivity index (χ1v) is 10.8. The van der Waals surface area contributed by atoms with Gasteiger partial charge in [-0.25, -0.2) is 0 Å². The van der Waals surface area contributed by atoms with Gasteiger partial charge in [0.15, 0.2) is 0 Å². The average Bonchev–Trinajstić information content (AvgIpc) is 3.15. The number of H-pyrrole nitrogens is 1. The molecule has 0 bridgehead atoms. The van der Waals surface area contributed by atoms with Crippen LogP contribution in [-0.2, 0) is 19.6 Å². The van der Waals surface area contributed by atoms with Crippen molar-refractivity contribution in [1.82, 2.24) is 10.3 Å². The molecular weight excluding hydrogens is 483 g/mol. The average molecular weight is 506 g/mol. The molecule has 0 aliphatic carbocycles. The van der Waals surface area contributed by atoms with Crippen molar-refractivity contribution in [2.75, 3.05) is 6.54 Å². The SMILES string of the molecule is Cl.Clc1ccccc1COc1ccc(Br)cc1CNCCc1c[nH]c2ccccc12. The van der Waals surface area contributed by atoms with Crippen molar-refractivity contribution in [2.45, 2.75) is 19.6 Å². The molecule has 3 nitrogen and oxygen atoms in total. The number of para-hydroxylation sites is 1. The Morgan fingerprint density at radius 1 is 0.933 bits per heavy atom. The molecule has 2 N–H and O–H groups in total. The van der Waals surface area contributed by atoms with Gasteiger partial charge in [-0.15, -0.1) is 12.4 Å². The highest BCUT2D eigenvalue weighted by atomic mass is 79.9. The predicted octanol–water partition coefficient (Wildman–Crippen LogP) is 6.92. The third kappa shape index (κ3) is 5.58. The predicted molar refractivity (Wildman–Crippen MR) is 131 cm³/mol. The van der Waals surface area contributed by atoms with Gasteiger partial charge in [-0.3, -0.25) is 0 Å². The molecule has 30 heavy (non-hydrogen) atoms. The number of halogens is 3. The van der Waals surface area contributed by atoms with Crippen molar-refractivity contribution in [1.29, 1.82) is 0 Å². The fourth-order valence-corrected chi connectivity index (χ4v) is 3.98. The smallest absolute Gasteiger partial charge is 0.124 e. The summed E-state index contributed by atoms with van der Waals surface area (Å²) in [6.45, 7) is 2.07. The van der Waals surface area contributed by atoms with Gasteiger partial charge in [0.25, 0.3) is 0 Å². The lowest BCUT2D eigenvalue weighted by molar-refractivity contribution is 0.302. The molecule has 0 aliphatic heterocycles. The van der Waals surface area contributed by atoms with Crippen LogP contribution in [0.25, 0.3) is 10.9 Å². The van der Waals surface area contributed by atoms with Crippen LogP contribution in [0.2, 0.25) is 5.02 Å². The molecule has 1 heterocycles. The summed E-state index contributed by atoms with van der Waals surface area (Å²) in [5.74, 6) is 0.868. The lowest BCUT2D eigenvalue weighted by atomic mass is 10.1. The monoisotopic (exact) mass is 504 g/mol. The highest BCUT2D eigenvalue weighted by Gasteiger charge is 2.08. The maximum atomic E-state index is 6.25. The van der Waals surface area contributed by atoms with E-state index in [4.69, 9.17) is 16.3 Å². The van der Waals surface area contributed by atoms with E-state index in [2.05, 4.69) is 62.8 Å². The van der Waals surface area contributed by atoms with Crippen LogP contribution in [-0.4, -0.2) is 11.5 Å². The summed E-state index contributed by atoms with van der Waals surface area (Å²) in [5.41, 5.74) is 4.61. The maximum absolute atomic E-state index is 6.25. The Bertz CT molecular complexity index is 1110. The van der Waals surface area contributed by atoms with Crippen molar-refractivity contribution >= 4 is 50.8 Å². The molecule has 0 spiro atoms. The molecule has 3 aromatic carbocycles. The van der Waals surface area contributed by atoms with Crippen molar-refractivity contribution in [3.05, 3.63) is 99.1 Å². The van der Waals surface area contributed by atoms with E-state index in [9.17, 15) is 0 Å². The van der Waals surface area contributed by atoms with E-state index < -0.39 is 0 Å². The first kappa shape index (κ1) is 22.7. The van der Waals surface area contributed by atoms with Gasteiger partial charge in [-0.1, -0.05) is 63.9 Å². The third-order valence-corrected chi connectivity index (χ3v) is 5.79. The normalized spacial score (nSPS) is 10.7. The van der Waals surface area contributed by atoms with E-state index in [1.54, 1.807) is 0 Å². The third-order valence-electron chi connectivity index (χ3n) is 4.93. The van der Waals surface area contributed by atoms with Crippen LogP contribution in [0.3, 0.4) is 0 Å². The molecule has 156 valence electrons. The van der Waals surface area contributed by atoms with Crippen LogP contribution < -0.4 is 10.1 Å². The Morgan fingerprint density at radius 2 is 1.73 bits per heavy atom. The number of rotatable bonds is 8. The zero-order valence-corrected chi connectivity index (χ0v) is 19.5. The largest absolute Gasteiger partial charge is 0.489 e. The molecule has 0 radical (unpaired) electrons. The molecule has 0 atom stereocenters. The maximum Gasteiger partial charge on any atom is 0.124 e. The molecule has 0 saturated carbocycles. The molecule has 4 rings (SSSR count). The topological polar surface area (TPSA) is 37.0 Å². The quantitative estimate of drug-likeness (QED) is 0.255.